The van der Waals surface area contributed by atoms with Crippen molar-refractivity contribution in [1.29, 1.82) is 0 Å². The molecule has 0 aliphatic carbocycles. The maximum atomic E-state index is 12.0. The van der Waals surface area contributed by atoms with E-state index in [9.17, 15) is 9.59 Å². The lowest BCUT2D eigenvalue weighted by atomic mass is 10.2. The van der Waals surface area contributed by atoms with Crippen molar-refractivity contribution in [2.45, 2.75) is 13.3 Å². The molecule has 0 bridgehead atoms. The monoisotopic (exact) mass is 358 g/mol. The summed E-state index contributed by atoms with van der Waals surface area (Å²) >= 11 is 0. The van der Waals surface area contributed by atoms with Gasteiger partial charge in [-0.15, -0.1) is 0 Å². The van der Waals surface area contributed by atoms with E-state index in [4.69, 9.17) is 19.9 Å². The molecule has 0 aromatic heterocycles. The van der Waals surface area contributed by atoms with Crippen molar-refractivity contribution in [2.24, 2.45) is 0 Å². The smallest absolute Gasteiger partial charge is 0.338 e. The number of rotatable bonds is 8. The van der Waals surface area contributed by atoms with Crippen LogP contribution in [0.25, 0.3) is 0 Å². The lowest BCUT2D eigenvalue weighted by Gasteiger charge is -2.11. The summed E-state index contributed by atoms with van der Waals surface area (Å²) in [6.07, 6.45) is 0.732. The van der Waals surface area contributed by atoms with Gasteiger partial charge in [0.15, 0.2) is 6.61 Å². The Kier molecular flexibility index (Phi) is 6.84. The van der Waals surface area contributed by atoms with Crippen LogP contribution in [-0.2, 0) is 9.53 Å². The summed E-state index contributed by atoms with van der Waals surface area (Å²) in [5, 5.41) is 2.70. The van der Waals surface area contributed by atoms with Crippen LogP contribution in [0.2, 0.25) is 0 Å². The van der Waals surface area contributed by atoms with Crippen LogP contribution in [0.3, 0.4) is 0 Å². The highest BCUT2D eigenvalue weighted by atomic mass is 16.5. The van der Waals surface area contributed by atoms with E-state index in [2.05, 4.69) is 5.32 Å². The van der Waals surface area contributed by atoms with Crippen LogP contribution in [0.5, 0.6) is 11.5 Å². The number of anilines is 2. The molecule has 1 amide bonds. The first-order valence-corrected chi connectivity index (χ1v) is 8.16. The number of ether oxygens (including phenoxy) is 3. The molecule has 0 heterocycles. The molecule has 0 atom stereocenters. The standard InChI is InChI=1S/C19H22N2O5/c1-3-10-25-19(23)13-4-9-16(20)17(11-13)26-12-18(22)21-14-5-7-15(24-2)8-6-14/h4-9,11H,3,10,12,20H2,1-2H3,(H,21,22). The lowest BCUT2D eigenvalue weighted by Crippen LogP contribution is -2.20. The quantitative estimate of drug-likeness (QED) is 0.556. The maximum absolute atomic E-state index is 12.0. The first-order valence-electron chi connectivity index (χ1n) is 8.16. The van der Waals surface area contributed by atoms with Crippen molar-refractivity contribution < 1.29 is 23.8 Å². The Morgan fingerprint density at radius 3 is 2.50 bits per heavy atom. The van der Waals surface area contributed by atoms with E-state index in [1.807, 2.05) is 6.92 Å². The molecule has 3 N–H and O–H groups in total. The van der Waals surface area contributed by atoms with Gasteiger partial charge in [-0.25, -0.2) is 4.79 Å². The van der Waals surface area contributed by atoms with Crippen molar-refractivity contribution >= 4 is 23.3 Å². The first-order chi connectivity index (χ1) is 12.5. The topological polar surface area (TPSA) is 99.9 Å². The zero-order chi connectivity index (χ0) is 18.9. The third-order valence-corrected chi connectivity index (χ3v) is 3.42. The second-order valence-electron chi connectivity index (χ2n) is 5.45. The zero-order valence-electron chi connectivity index (χ0n) is 14.8. The molecule has 2 rings (SSSR count). The van der Waals surface area contributed by atoms with Crippen LogP contribution in [0.1, 0.15) is 23.7 Å². The van der Waals surface area contributed by atoms with Gasteiger partial charge in [0.1, 0.15) is 11.5 Å². The van der Waals surface area contributed by atoms with Crippen LogP contribution in [0, 0.1) is 0 Å². The van der Waals surface area contributed by atoms with Crippen molar-refractivity contribution in [1.82, 2.24) is 0 Å². The molecule has 138 valence electrons. The number of hydrogen-bond acceptors (Lipinski definition) is 6. The Balaban J connectivity index is 1.94. The summed E-state index contributed by atoms with van der Waals surface area (Å²) < 4.78 is 15.6. The van der Waals surface area contributed by atoms with Gasteiger partial charge in [0.2, 0.25) is 0 Å². The van der Waals surface area contributed by atoms with Crippen molar-refractivity contribution in [2.75, 3.05) is 31.4 Å². The Morgan fingerprint density at radius 2 is 1.85 bits per heavy atom. The molecule has 0 fully saturated rings. The molecule has 0 radical (unpaired) electrons. The number of benzene rings is 2. The van der Waals surface area contributed by atoms with E-state index in [1.165, 1.54) is 6.07 Å². The number of hydrogen-bond donors (Lipinski definition) is 2. The van der Waals surface area contributed by atoms with Crippen molar-refractivity contribution in [3.63, 3.8) is 0 Å². The van der Waals surface area contributed by atoms with E-state index >= 15 is 0 Å². The second kappa shape index (κ2) is 9.31. The van der Waals surface area contributed by atoms with Crippen molar-refractivity contribution in [3.05, 3.63) is 48.0 Å². The molecule has 7 heteroatoms. The van der Waals surface area contributed by atoms with Crippen LogP contribution < -0.4 is 20.5 Å². The zero-order valence-corrected chi connectivity index (χ0v) is 14.8. The van der Waals surface area contributed by atoms with Crippen LogP contribution in [0.4, 0.5) is 11.4 Å². The molecule has 26 heavy (non-hydrogen) atoms. The number of nitrogens with two attached hydrogens (primary N) is 1. The van der Waals surface area contributed by atoms with Crippen LogP contribution >= 0.6 is 0 Å². The molecule has 0 saturated carbocycles. The molecule has 0 aliphatic heterocycles. The molecular formula is C19H22N2O5. The summed E-state index contributed by atoms with van der Waals surface area (Å²) in [6, 6.07) is 11.5. The van der Waals surface area contributed by atoms with Gasteiger partial charge in [-0.3, -0.25) is 4.79 Å². The molecule has 0 aliphatic rings. The number of esters is 1. The normalized spacial score (nSPS) is 10.1. The highest BCUT2D eigenvalue weighted by Crippen LogP contribution is 2.23. The van der Waals surface area contributed by atoms with Gasteiger partial charge < -0.3 is 25.3 Å². The fraction of sp³-hybridized carbons (Fsp3) is 0.263. The summed E-state index contributed by atoms with van der Waals surface area (Å²) in [4.78, 5) is 23.9. The maximum Gasteiger partial charge on any atom is 0.338 e. The van der Waals surface area contributed by atoms with E-state index in [-0.39, 0.29) is 18.3 Å². The largest absolute Gasteiger partial charge is 0.497 e. The van der Waals surface area contributed by atoms with Crippen LogP contribution in [-0.4, -0.2) is 32.2 Å². The number of carbonyl (C=O) groups is 2. The summed E-state index contributed by atoms with van der Waals surface area (Å²) in [5.41, 5.74) is 7.10. The third kappa shape index (κ3) is 5.41. The number of methoxy groups -OCH3 is 1. The fourth-order valence-corrected chi connectivity index (χ4v) is 2.08. The Morgan fingerprint density at radius 1 is 1.12 bits per heavy atom. The van der Waals surface area contributed by atoms with E-state index in [0.717, 1.165) is 6.42 Å². The van der Waals surface area contributed by atoms with Gasteiger partial charge in [0, 0.05) is 5.69 Å². The lowest BCUT2D eigenvalue weighted by molar-refractivity contribution is -0.118. The first kappa shape index (κ1) is 19.1. The van der Waals surface area contributed by atoms with E-state index in [0.29, 0.717) is 29.3 Å². The number of amides is 1. The Hall–Kier alpha value is -3.22. The molecule has 0 unspecified atom stereocenters. The number of nitrogens with one attached hydrogen (secondary N) is 1. The average molecular weight is 358 g/mol. The molecule has 0 saturated heterocycles. The minimum atomic E-state index is -0.459. The van der Waals surface area contributed by atoms with Crippen molar-refractivity contribution in [3.8, 4) is 11.5 Å². The summed E-state index contributed by atoms with van der Waals surface area (Å²) in [7, 11) is 1.57. The van der Waals surface area contributed by atoms with Gasteiger partial charge in [0.25, 0.3) is 5.91 Å². The molecule has 2 aromatic carbocycles. The molecular weight excluding hydrogens is 336 g/mol. The third-order valence-electron chi connectivity index (χ3n) is 3.42. The SMILES string of the molecule is CCCOC(=O)c1ccc(N)c(OCC(=O)Nc2ccc(OC)cc2)c1. The van der Waals surface area contributed by atoms with Crippen LogP contribution in [0.15, 0.2) is 42.5 Å². The fourth-order valence-electron chi connectivity index (χ4n) is 2.08. The van der Waals surface area contributed by atoms with E-state index < -0.39 is 5.97 Å². The highest BCUT2D eigenvalue weighted by molar-refractivity contribution is 5.92. The molecule has 7 nitrogen and oxygen atoms in total. The second-order valence-corrected chi connectivity index (χ2v) is 5.45. The van der Waals surface area contributed by atoms with Gasteiger partial charge in [-0.05, 0) is 48.9 Å². The predicted molar refractivity (Wildman–Crippen MR) is 98.5 cm³/mol. The Labute approximate surface area is 152 Å². The van der Waals surface area contributed by atoms with E-state index in [1.54, 1.807) is 43.5 Å². The highest BCUT2D eigenvalue weighted by Gasteiger charge is 2.12. The predicted octanol–water partition coefficient (Wildman–Crippen LogP) is 2.86. The number of carbonyl (C=O) groups excluding carboxylic acids is 2. The molecule has 0 spiro atoms. The average Bonchev–Trinajstić information content (AvgIpc) is 2.66. The van der Waals surface area contributed by atoms with Gasteiger partial charge in [-0.1, -0.05) is 6.92 Å². The number of nitrogen functional groups attached to an aromatic ring is 1. The molecule has 2 aromatic rings. The van der Waals surface area contributed by atoms with Gasteiger partial charge in [-0.2, -0.15) is 0 Å². The Bertz CT molecular complexity index is 759. The minimum Gasteiger partial charge on any atom is -0.497 e. The summed E-state index contributed by atoms with van der Waals surface area (Å²) in [6.45, 7) is 2.00. The summed E-state index contributed by atoms with van der Waals surface area (Å²) in [5.74, 6) is 0.132. The minimum absolute atomic E-state index is 0.246. The van der Waals surface area contributed by atoms with Gasteiger partial charge >= 0.3 is 5.97 Å². The van der Waals surface area contributed by atoms with Gasteiger partial charge in [0.05, 0.1) is 25.0 Å².